The fraction of sp³-hybridized carbons (Fsp3) is 0.533. The summed E-state index contributed by atoms with van der Waals surface area (Å²) < 4.78 is 0. The molecule has 0 radical (unpaired) electrons. The van der Waals surface area contributed by atoms with Crippen LogP contribution in [0.3, 0.4) is 0 Å². The van der Waals surface area contributed by atoms with Crippen LogP contribution >= 0.6 is 15.9 Å². The summed E-state index contributed by atoms with van der Waals surface area (Å²) in [5.41, 5.74) is 2.59. The van der Waals surface area contributed by atoms with Gasteiger partial charge in [0.2, 0.25) is 5.91 Å². The van der Waals surface area contributed by atoms with Gasteiger partial charge in [-0.1, -0.05) is 47.1 Å². The average Bonchev–Trinajstić information content (AvgIpc) is 2.34. The maximum absolute atomic E-state index is 12.5. The van der Waals surface area contributed by atoms with Crippen LogP contribution in [-0.4, -0.2) is 28.7 Å². The summed E-state index contributed by atoms with van der Waals surface area (Å²) in [6.45, 7) is 4.01. The van der Waals surface area contributed by atoms with Gasteiger partial charge in [0.05, 0.1) is 5.92 Å². The van der Waals surface area contributed by atoms with Crippen molar-refractivity contribution in [3.05, 3.63) is 35.4 Å². The van der Waals surface area contributed by atoms with Crippen LogP contribution in [0.4, 0.5) is 0 Å². The van der Waals surface area contributed by atoms with E-state index in [4.69, 9.17) is 0 Å². The standard InChI is InChI=1S/C15H18BrNO/c1-10-9-17(7-6-14(10)16)15(18)13-8-11-4-2-3-5-12(11)13/h2-5,10,13-14H,6-9H2,1H3. The summed E-state index contributed by atoms with van der Waals surface area (Å²) >= 11 is 3.69. The number of likely N-dealkylation sites (tertiary alicyclic amines) is 1. The van der Waals surface area contributed by atoms with Gasteiger partial charge >= 0.3 is 0 Å². The fourth-order valence-corrected chi connectivity index (χ4v) is 3.39. The van der Waals surface area contributed by atoms with Gasteiger partial charge in [0.15, 0.2) is 0 Å². The number of piperidine rings is 1. The lowest BCUT2D eigenvalue weighted by Crippen LogP contribution is -2.47. The molecule has 3 rings (SSSR count). The van der Waals surface area contributed by atoms with Gasteiger partial charge in [-0.3, -0.25) is 4.79 Å². The van der Waals surface area contributed by atoms with Gasteiger partial charge < -0.3 is 4.90 Å². The van der Waals surface area contributed by atoms with Crippen LogP contribution in [0.15, 0.2) is 24.3 Å². The van der Waals surface area contributed by atoms with Crippen molar-refractivity contribution in [1.82, 2.24) is 4.90 Å². The van der Waals surface area contributed by atoms with Gasteiger partial charge in [-0.15, -0.1) is 0 Å². The first-order valence-electron chi connectivity index (χ1n) is 6.67. The normalized spacial score (nSPS) is 30.6. The van der Waals surface area contributed by atoms with E-state index in [0.29, 0.717) is 16.7 Å². The molecule has 0 bridgehead atoms. The van der Waals surface area contributed by atoms with Gasteiger partial charge in [-0.05, 0) is 29.9 Å². The van der Waals surface area contributed by atoms with Crippen molar-refractivity contribution >= 4 is 21.8 Å². The monoisotopic (exact) mass is 307 g/mol. The molecular formula is C15H18BrNO. The number of alkyl halides is 1. The second-order valence-electron chi connectivity index (χ2n) is 5.52. The average molecular weight is 308 g/mol. The molecule has 18 heavy (non-hydrogen) atoms. The Morgan fingerprint density at radius 1 is 1.39 bits per heavy atom. The summed E-state index contributed by atoms with van der Waals surface area (Å²) in [6.07, 6.45) is 2.00. The molecule has 1 fully saturated rings. The quantitative estimate of drug-likeness (QED) is 0.731. The van der Waals surface area contributed by atoms with Crippen molar-refractivity contribution in [2.24, 2.45) is 5.92 Å². The van der Waals surface area contributed by atoms with Gasteiger partial charge in [-0.2, -0.15) is 0 Å². The predicted molar refractivity (Wildman–Crippen MR) is 76.0 cm³/mol. The highest BCUT2D eigenvalue weighted by molar-refractivity contribution is 9.09. The molecule has 2 nitrogen and oxygen atoms in total. The molecule has 1 amide bonds. The van der Waals surface area contributed by atoms with Crippen LogP contribution < -0.4 is 0 Å². The number of nitrogens with zero attached hydrogens (tertiary/aromatic N) is 1. The van der Waals surface area contributed by atoms with Crippen LogP contribution in [0, 0.1) is 5.92 Å². The number of benzene rings is 1. The van der Waals surface area contributed by atoms with E-state index in [2.05, 4.69) is 46.0 Å². The minimum Gasteiger partial charge on any atom is -0.342 e. The van der Waals surface area contributed by atoms with Crippen LogP contribution in [-0.2, 0) is 11.2 Å². The zero-order chi connectivity index (χ0) is 12.7. The molecule has 0 aromatic heterocycles. The van der Waals surface area contributed by atoms with E-state index in [1.807, 2.05) is 6.07 Å². The summed E-state index contributed by atoms with van der Waals surface area (Å²) in [7, 11) is 0. The number of fused-ring (bicyclic) bond motifs is 1. The Kier molecular flexibility index (Phi) is 3.18. The smallest absolute Gasteiger partial charge is 0.230 e. The van der Waals surface area contributed by atoms with Gasteiger partial charge in [0.25, 0.3) is 0 Å². The van der Waals surface area contributed by atoms with E-state index in [1.54, 1.807) is 0 Å². The number of hydrogen-bond donors (Lipinski definition) is 0. The van der Waals surface area contributed by atoms with E-state index in [1.165, 1.54) is 11.1 Å². The summed E-state index contributed by atoms with van der Waals surface area (Å²) in [5, 5.41) is 0. The molecule has 1 aromatic carbocycles. The molecule has 1 aliphatic heterocycles. The molecule has 1 heterocycles. The Hall–Kier alpha value is -0.830. The Morgan fingerprint density at radius 2 is 2.17 bits per heavy atom. The third-order valence-corrected chi connectivity index (χ3v) is 5.63. The Balaban J connectivity index is 1.70. The Labute approximate surface area is 116 Å². The number of hydrogen-bond acceptors (Lipinski definition) is 1. The highest BCUT2D eigenvalue weighted by Crippen LogP contribution is 2.37. The van der Waals surface area contributed by atoms with Crippen LogP contribution in [0.25, 0.3) is 0 Å². The second-order valence-corrected chi connectivity index (χ2v) is 6.70. The molecule has 96 valence electrons. The molecule has 0 saturated carbocycles. The molecule has 0 N–H and O–H groups in total. The zero-order valence-electron chi connectivity index (χ0n) is 10.6. The van der Waals surface area contributed by atoms with Gasteiger partial charge in [-0.25, -0.2) is 0 Å². The third-order valence-electron chi connectivity index (χ3n) is 4.26. The first-order chi connectivity index (χ1) is 8.66. The number of halogens is 1. The molecule has 1 aromatic rings. The largest absolute Gasteiger partial charge is 0.342 e. The number of rotatable bonds is 1. The minimum atomic E-state index is 0.125. The number of amides is 1. The van der Waals surface area contributed by atoms with Crippen LogP contribution in [0.2, 0.25) is 0 Å². The van der Waals surface area contributed by atoms with E-state index >= 15 is 0 Å². The number of carbonyl (C=O) groups is 1. The van der Waals surface area contributed by atoms with Crippen molar-refractivity contribution < 1.29 is 4.79 Å². The zero-order valence-corrected chi connectivity index (χ0v) is 12.2. The highest BCUT2D eigenvalue weighted by atomic mass is 79.9. The van der Waals surface area contributed by atoms with E-state index in [-0.39, 0.29) is 5.92 Å². The number of carbonyl (C=O) groups excluding carboxylic acids is 1. The molecule has 1 aliphatic carbocycles. The second kappa shape index (κ2) is 4.69. The molecule has 2 aliphatic rings. The molecule has 0 spiro atoms. The SMILES string of the molecule is CC1CN(C(=O)C2Cc3ccccc32)CCC1Br. The van der Waals surface area contributed by atoms with E-state index in [9.17, 15) is 4.79 Å². The third kappa shape index (κ3) is 1.99. The molecule has 1 saturated heterocycles. The van der Waals surface area contributed by atoms with Crippen LogP contribution in [0.5, 0.6) is 0 Å². The Morgan fingerprint density at radius 3 is 2.89 bits per heavy atom. The van der Waals surface area contributed by atoms with Crippen molar-refractivity contribution in [3.8, 4) is 0 Å². The molecular weight excluding hydrogens is 290 g/mol. The molecule has 3 heteroatoms. The summed E-state index contributed by atoms with van der Waals surface area (Å²) in [5.74, 6) is 1.01. The van der Waals surface area contributed by atoms with Crippen LogP contribution in [0.1, 0.15) is 30.4 Å². The topological polar surface area (TPSA) is 20.3 Å². The molecule has 3 unspecified atom stereocenters. The first kappa shape index (κ1) is 12.2. The lowest BCUT2D eigenvalue weighted by Gasteiger charge is -2.39. The van der Waals surface area contributed by atoms with Gasteiger partial charge in [0, 0.05) is 17.9 Å². The van der Waals surface area contributed by atoms with Crippen molar-refractivity contribution in [2.75, 3.05) is 13.1 Å². The van der Waals surface area contributed by atoms with Crippen molar-refractivity contribution in [2.45, 2.75) is 30.5 Å². The lowest BCUT2D eigenvalue weighted by molar-refractivity contribution is -0.135. The van der Waals surface area contributed by atoms with E-state index in [0.717, 1.165) is 25.9 Å². The van der Waals surface area contributed by atoms with Crippen molar-refractivity contribution in [1.29, 1.82) is 0 Å². The van der Waals surface area contributed by atoms with Crippen molar-refractivity contribution in [3.63, 3.8) is 0 Å². The summed E-state index contributed by atoms with van der Waals surface area (Å²) in [6, 6.07) is 8.32. The fourth-order valence-electron chi connectivity index (χ4n) is 3.02. The van der Waals surface area contributed by atoms with Gasteiger partial charge in [0.1, 0.15) is 0 Å². The first-order valence-corrected chi connectivity index (χ1v) is 7.59. The maximum Gasteiger partial charge on any atom is 0.230 e. The summed E-state index contributed by atoms with van der Waals surface area (Å²) in [4.78, 5) is 15.1. The maximum atomic E-state index is 12.5. The lowest BCUT2D eigenvalue weighted by atomic mass is 9.76. The molecule has 3 atom stereocenters. The minimum absolute atomic E-state index is 0.125. The highest BCUT2D eigenvalue weighted by Gasteiger charge is 2.36. The van der Waals surface area contributed by atoms with E-state index < -0.39 is 0 Å². The predicted octanol–water partition coefficient (Wildman–Crippen LogP) is 2.96. The Bertz CT molecular complexity index is 473.